The number of hydrogen-bond acceptors (Lipinski definition) is 4. The predicted octanol–water partition coefficient (Wildman–Crippen LogP) is 2.52. The van der Waals surface area contributed by atoms with E-state index in [1.165, 1.54) is 23.0 Å². The largest absolute Gasteiger partial charge is 0.478 e. The fraction of sp³-hybridized carbons (Fsp3) is 0. The summed E-state index contributed by atoms with van der Waals surface area (Å²) in [7, 11) is 0. The molecule has 2 rings (SSSR count). The Labute approximate surface area is 88.8 Å². The normalized spacial score (nSPS) is 10.1. The van der Waals surface area contributed by atoms with Gasteiger partial charge < -0.3 is 9.52 Å². The molecule has 0 unspecified atom stereocenters. The van der Waals surface area contributed by atoms with Crippen LogP contribution in [0, 0.1) is 0 Å². The average molecular weight is 222 g/mol. The number of aldehydes is 1. The van der Waals surface area contributed by atoms with E-state index in [9.17, 15) is 9.59 Å². The van der Waals surface area contributed by atoms with Crippen molar-refractivity contribution in [2.24, 2.45) is 0 Å². The number of carbonyl (C=O) groups excluding carboxylic acids is 1. The van der Waals surface area contributed by atoms with E-state index in [4.69, 9.17) is 9.52 Å². The van der Waals surface area contributed by atoms with E-state index < -0.39 is 5.97 Å². The number of thiophene rings is 1. The number of aromatic carboxylic acids is 1. The first-order valence-electron chi connectivity index (χ1n) is 4.06. The van der Waals surface area contributed by atoms with Gasteiger partial charge >= 0.3 is 5.97 Å². The van der Waals surface area contributed by atoms with Gasteiger partial charge in [-0.3, -0.25) is 4.79 Å². The summed E-state index contributed by atoms with van der Waals surface area (Å²) in [5, 5.41) is 12.1. The number of carboxylic acid groups (broad SMARTS) is 1. The van der Waals surface area contributed by atoms with Gasteiger partial charge in [-0.05, 0) is 11.4 Å². The zero-order chi connectivity index (χ0) is 10.8. The molecule has 0 saturated heterocycles. The van der Waals surface area contributed by atoms with Gasteiger partial charge in [0, 0.05) is 16.5 Å². The van der Waals surface area contributed by atoms with Gasteiger partial charge in [0.1, 0.15) is 0 Å². The van der Waals surface area contributed by atoms with Gasteiger partial charge in [0.2, 0.25) is 0 Å². The lowest BCUT2D eigenvalue weighted by atomic mass is 10.1. The fourth-order valence-corrected chi connectivity index (χ4v) is 2.13. The predicted molar refractivity (Wildman–Crippen MR) is 54.4 cm³/mol. The number of furan rings is 1. The summed E-state index contributed by atoms with van der Waals surface area (Å²) in [6, 6.07) is 1.58. The van der Waals surface area contributed by atoms with Crippen molar-refractivity contribution in [3.8, 4) is 11.1 Å². The second kappa shape index (κ2) is 3.70. The van der Waals surface area contributed by atoms with Crippen molar-refractivity contribution in [1.82, 2.24) is 0 Å². The highest BCUT2D eigenvalue weighted by atomic mass is 32.1. The lowest BCUT2D eigenvalue weighted by Gasteiger charge is -1.96. The van der Waals surface area contributed by atoms with E-state index in [0.717, 1.165) is 0 Å². The summed E-state index contributed by atoms with van der Waals surface area (Å²) in [5.41, 5.74) is 1.22. The van der Waals surface area contributed by atoms with Crippen molar-refractivity contribution in [1.29, 1.82) is 0 Å². The van der Waals surface area contributed by atoms with Crippen molar-refractivity contribution in [3.05, 3.63) is 34.4 Å². The number of rotatable bonds is 3. The van der Waals surface area contributed by atoms with Crippen LogP contribution in [0.25, 0.3) is 11.1 Å². The van der Waals surface area contributed by atoms with Crippen LogP contribution in [0.1, 0.15) is 20.9 Å². The first kappa shape index (κ1) is 9.67. The molecule has 2 heterocycles. The molecule has 0 saturated carbocycles. The van der Waals surface area contributed by atoms with Crippen LogP contribution >= 0.6 is 11.3 Å². The minimum Gasteiger partial charge on any atom is -0.478 e. The Morgan fingerprint density at radius 3 is 2.87 bits per heavy atom. The molecule has 2 aromatic rings. The first-order chi connectivity index (χ1) is 7.24. The molecule has 15 heavy (non-hydrogen) atoms. The highest BCUT2D eigenvalue weighted by Crippen LogP contribution is 2.30. The van der Waals surface area contributed by atoms with Crippen LogP contribution in [0.2, 0.25) is 0 Å². The molecule has 0 atom stereocenters. The molecule has 1 N–H and O–H groups in total. The molecular formula is C10H6O4S. The zero-order valence-corrected chi connectivity index (χ0v) is 8.28. The van der Waals surface area contributed by atoms with Crippen molar-refractivity contribution in [3.63, 3.8) is 0 Å². The summed E-state index contributed by atoms with van der Waals surface area (Å²) >= 11 is 1.27. The van der Waals surface area contributed by atoms with Crippen LogP contribution < -0.4 is 0 Å². The van der Waals surface area contributed by atoms with E-state index in [-0.39, 0.29) is 11.3 Å². The van der Waals surface area contributed by atoms with E-state index in [0.29, 0.717) is 17.4 Å². The van der Waals surface area contributed by atoms with Crippen molar-refractivity contribution in [2.75, 3.05) is 0 Å². The van der Waals surface area contributed by atoms with Gasteiger partial charge in [-0.2, -0.15) is 11.3 Å². The molecule has 0 aliphatic carbocycles. The Morgan fingerprint density at radius 1 is 1.40 bits per heavy atom. The highest BCUT2D eigenvalue weighted by Gasteiger charge is 2.16. The van der Waals surface area contributed by atoms with Crippen LogP contribution in [0.5, 0.6) is 0 Å². The molecule has 0 radical (unpaired) electrons. The van der Waals surface area contributed by atoms with Crippen molar-refractivity contribution >= 4 is 23.6 Å². The summed E-state index contributed by atoms with van der Waals surface area (Å²) in [4.78, 5) is 21.5. The third-order valence-corrected chi connectivity index (χ3v) is 2.73. The first-order valence-corrected chi connectivity index (χ1v) is 5.01. The van der Waals surface area contributed by atoms with Gasteiger partial charge in [-0.15, -0.1) is 0 Å². The Hall–Kier alpha value is -1.88. The van der Waals surface area contributed by atoms with E-state index in [1.54, 1.807) is 11.4 Å². The SMILES string of the molecule is O=Cc1occc1-c1cscc1C(=O)O. The van der Waals surface area contributed by atoms with Crippen molar-refractivity contribution < 1.29 is 19.1 Å². The van der Waals surface area contributed by atoms with Gasteiger partial charge in [0.25, 0.3) is 0 Å². The smallest absolute Gasteiger partial charge is 0.337 e. The molecule has 0 aliphatic heterocycles. The lowest BCUT2D eigenvalue weighted by Crippen LogP contribution is -1.96. The zero-order valence-electron chi connectivity index (χ0n) is 7.47. The monoisotopic (exact) mass is 222 g/mol. The fourth-order valence-electron chi connectivity index (χ4n) is 1.31. The second-order valence-corrected chi connectivity index (χ2v) is 3.56. The molecule has 4 nitrogen and oxygen atoms in total. The minimum atomic E-state index is -1.01. The number of carboxylic acids is 1. The van der Waals surface area contributed by atoms with Gasteiger partial charge in [0.05, 0.1) is 11.8 Å². The van der Waals surface area contributed by atoms with Crippen LogP contribution in [0.4, 0.5) is 0 Å². The number of hydrogen-bond donors (Lipinski definition) is 1. The molecule has 0 aromatic carbocycles. The maximum absolute atomic E-state index is 10.9. The standard InChI is InChI=1S/C10H6O4S/c11-3-9-6(1-2-14-9)7-4-15-5-8(7)10(12)13/h1-5H,(H,12,13). The summed E-state index contributed by atoms with van der Waals surface area (Å²) in [6.45, 7) is 0. The third kappa shape index (κ3) is 1.57. The molecule has 5 heteroatoms. The molecule has 0 aliphatic rings. The molecule has 0 bridgehead atoms. The summed E-state index contributed by atoms with van der Waals surface area (Å²) in [5.74, 6) is -0.861. The van der Waals surface area contributed by atoms with Gasteiger partial charge in [-0.1, -0.05) is 0 Å². The Kier molecular flexibility index (Phi) is 2.39. The van der Waals surface area contributed by atoms with Crippen molar-refractivity contribution in [2.45, 2.75) is 0 Å². The number of carbonyl (C=O) groups is 2. The topological polar surface area (TPSA) is 67.5 Å². The maximum Gasteiger partial charge on any atom is 0.337 e. The Morgan fingerprint density at radius 2 is 2.20 bits per heavy atom. The van der Waals surface area contributed by atoms with Crippen LogP contribution in [-0.4, -0.2) is 17.4 Å². The highest BCUT2D eigenvalue weighted by molar-refractivity contribution is 7.08. The average Bonchev–Trinajstić information content (AvgIpc) is 2.85. The van der Waals surface area contributed by atoms with Gasteiger partial charge in [-0.25, -0.2) is 4.79 Å². The quantitative estimate of drug-likeness (QED) is 0.810. The Bertz CT molecular complexity index is 509. The molecule has 2 aromatic heterocycles. The Balaban J connectivity index is 2.58. The second-order valence-electron chi connectivity index (χ2n) is 2.82. The summed E-state index contributed by atoms with van der Waals surface area (Å²) < 4.78 is 4.92. The molecule has 0 spiro atoms. The minimum absolute atomic E-state index is 0.149. The molecule has 76 valence electrons. The molecule has 0 amide bonds. The molecule has 0 fully saturated rings. The third-order valence-electron chi connectivity index (χ3n) is 1.98. The molecular weight excluding hydrogens is 216 g/mol. The van der Waals surface area contributed by atoms with Crippen LogP contribution in [-0.2, 0) is 0 Å². The summed E-state index contributed by atoms with van der Waals surface area (Å²) in [6.07, 6.45) is 1.93. The van der Waals surface area contributed by atoms with E-state index >= 15 is 0 Å². The van der Waals surface area contributed by atoms with Crippen LogP contribution in [0.15, 0.2) is 27.5 Å². The van der Waals surface area contributed by atoms with Gasteiger partial charge in [0.15, 0.2) is 12.0 Å². The van der Waals surface area contributed by atoms with E-state index in [2.05, 4.69) is 0 Å². The van der Waals surface area contributed by atoms with E-state index in [1.807, 2.05) is 0 Å². The lowest BCUT2D eigenvalue weighted by molar-refractivity contribution is 0.0698. The van der Waals surface area contributed by atoms with Crippen LogP contribution in [0.3, 0.4) is 0 Å². The maximum atomic E-state index is 10.9.